The fourth-order valence-corrected chi connectivity index (χ4v) is 7.80. The minimum absolute atomic E-state index is 0.192. The fourth-order valence-electron chi connectivity index (χ4n) is 7.80. The Morgan fingerprint density at radius 1 is 1.08 bits per heavy atom. The smallest absolute Gasteiger partial charge is 0.433 e. The first kappa shape index (κ1) is 33.6. The monoisotopic (exact) mass is 716 g/mol. The second-order valence-corrected chi connectivity index (χ2v) is 13.9. The summed E-state index contributed by atoms with van der Waals surface area (Å²) in [6.45, 7) is 2.65. The summed E-state index contributed by atoms with van der Waals surface area (Å²) in [5, 5.41) is 10.5. The van der Waals surface area contributed by atoms with Gasteiger partial charge < -0.3 is 15.0 Å². The Balaban J connectivity index is 0.899. The van der Waals surface area contributed by atoms with Crippen molar-refractivity contribution in [1.29, 1.82) is 0 Å². The number of fused-ring (bicyclic) bond motifs is 2. The third-order valence-corrected chi connectivity index (χ3v) is 10.5. The lowest BCUT2D eigenvalue weighted by Crippen LogP contribution is -2.49. The third kappa shape index (κ3) is 5.89. The molecule has 2 aliphatic heterocycles. The lowest BCUT2D eigenvalue weighted by atomic mass is 9.78. The first-order chi connectivity index (χ1) is 24.9. The van der Waals surface area contributed by atoms with Gasteiger partial charge in [-0.15, -0.1) is 0 Å². The number of likely N-dealkylation sites (tertiary alicyclic amines) is 1. The lowest BCUT2D eigenvalue weighted by Gasteiger charge is -2.45. The van der Waals surface area contributed by atoms with E-state index in [0.29, 0.717) is 34.8 Å². The van der Waals surface area contributed by atoms with E-state index in [1.54, 1.807) is 23.7 Å². The van der Waals surface area contributed by atoms with Gasteiger partial charge in [-0.2, -0.15) is 18.3 Å². The van der Waals surface area contributed by atoms with Crippen LogP contribution in [0.2, 0.25) is 0 Å². The van der Waals surface area contributed by atoms with Gasteiger partial charge in [0.25, 0.3) is 5.91 Å². The van der Waals surface area contributed by atoms with Crippen LogP contribution in [0.3, 0.4) is 0 Å². The number of benzene rings is 2. The molecule has 3 amide bonds. The number of ether oxygens (including phenoxy) is 1. The molecule has 2 aromatic carbocycles. The molecule has 3 aromatic heterocycles. The molecule has 52 heavy (non-hydrogen) atoms. The van der Waals surface area contributed by atoms with Crippen molar-refractivity contribution in [3.05, 3.63) is 82.2 Å². The Morgan fingerprint density at radius 3 is 2.58 bits per heavy atom. The number of carbonyl (C=O) groups is 3. The quantitative estimate of drug-likeness (QED) is 0.225. The van der Waals surface area contributed by atoms with Crippen LogP contribution < -0.4 is 21.1 Å². The summed E-state index contributed by atoms with van der Waals surface area (Å²) in [5.74, 6) is -0.517. The summed E-state index contributed by atoms with van der Waals surface area (Å²) in [4.78, 5) is 56.4. The second-order valence-electron chi connectivity index (χ2n) is 13.9. The Kier molecular flexibility index (Phi) is 8.16. The van der Waals surface area contributed by atoms with Gasteiger partial charge >= 0.3 is 11.9 Å². The van der Waals surface area contributed by atoms with Crippen LogP contribution in [0.4, 0.5) is 18.9 Å². The number of aromatic nitrogens is 5. The molecule has 1 atom stereocenters. The number of pyridine rings is 1. The van der Waals surface area contributed by atoms with Crippen LogP contribution in [-0.4, -0.2) is 73.3 Å². The molecule has 5 aromatic rings. The van der Waals surface area contributed by atoms with Crippen molar-refractivity contribution in [2.24, 2.45) is 13.0 Å². The molecule has 3 fully saturated rings. The number of alkyl halides is 3. The number of aryl methyl sites for hydroxylation is 1. The number of anilines is 1. The molecule has 8 rings (SSSR count). The Morgan fingerprint density at radius 2 is 1.85 bits per heavy atom. The van der Waals surface area contributed by atoms with Crippen LogP contribution in [0.15, 0.2) is 59.5 Å². The zero-order valence-electron chi connectivity index (χ0n) is 28.3. The maximum atomic E-state index is 13.3. The lowest BCUT2D eigenvalue weighted by molar-refractivity contribution is -0.141. The van der Waals surface area contributed by atoms with Crippen molar-refractivity contribution in [1.82, 2.24) is 34.1 Å². The van der Waals surface area contributed by atoms with E-state index in [0.717, 1.165) is 61.1 Å². The molecule has 0 bridgehead atoms. The van der Waals surface area contributed by atoms with Crippen LogP contribution in [-0.2, 0) is 22.8 Å². The van der Waals surface area contributed by atoms with E-state index in [-0.39, 0.29) is 35.7 Å². The molecular formula is C36H35F3N8O5. The number of halogens is 3. The first-order valence-corrected chi connectivity index (χ1v) is 17.1. The molecule has 3 aliphatic rings. The van der Waals surface area contributed by atoms with Gasteiger partial charge in [0, 0.05) is 56.7 Å². The Labute approximate surface area is 294 Å². The Bertz CT molecular complexity index is 2320. The van der Waals surface area contributed by atoms with Crippen molar-refractivity contribution >= 4 is 45.3 Å². The number of piperidine rings is 1. The maximum absolute atomic E-state index is 13.3. The van der Waals surface area contributed by atoms with Crippen molar-refractivity contribution in [3.8, 4) is 5.75 Å². The summed E-state index contributed by atoms with van der Waals surface area (Å²) in [6.07, 6.45) is -0.407. The summed E-state index contributed by atoms with van der Waals surface area (Å²) in [6, 6.07) is 11.8. The highest BCUT2D eigenvalue weighted by molar-refractivity contribution is 6.05. The number of amides is 3. The van der Waals surface area contributed by atoms with Gasteiger partial charge in [0.1, 0.15) is 23.2 Å². The first-order valence-electron chi connectivity index (χ1n) is 17.1. The number of imide groups is 1. The van der Waals surface area contributed by atoms with E-state index < -0.39 is 29.7 Å². The average Bonchev–Trinajstić information content (AvgIpc) is 3.59. The van der Waals surface area contributed by atoms with Crippen LogP contribution in [0, 0.1) is 5.92 Å². The minimum atomic E-state index is -4.67. The van der Waals surface area contributed by atoms with Gasteiger partial charge in [-0.3, -0.25) is 33.5 Å². The number of methoxy groups -OCH3 is 1. The van der Waals surface area contributed by atoms with Crippen LogP contribution >= 0.6 is 0 Å². The zero-order chi connectivity index (χ0) is 36.5. The standard InChI is InChI=1S/C36H35F3N8O5/c1-44-32-23(5-3-7-27(32)47(35(44)51)28-9-10-31(48)42-34(28)50)21-16-45(17-21)15-19-11-22(12-19)46-18-20-13-26(29(52-2)14-25(20)43-46)41-33(49)24-6-4-8-30(40-24)36(37,38)39/h3-8,13-14,18-19,21-22,28H,9-12,15-17H2,1-2H3,(H,41,49)(H,42,48,50)/t19-,22+,28?. The normalized spacial score (nSPS) is 21.2. The number of nitrogens with zero attached hydrogens (tertiary/aromatic N) is 6. The van der Waals surface area contributed by atoms with Gasteiger partial charge in [0.2, 0.25) is 11.8 Å². The van der Waals surface area contributed by atoms with Gasteiger partial charge in [-0.1, -0.05) is 18.2 Å². The summed E-state index contributed by atoms with van der Waals surface area (Å²) < 4.78 is 49.9. The van der Waals surface area contributed by atoms with Gasteiger partial charge in [0.05, 0.1) is 35.4 Å². The predicted molar refractivity (Wildman–Crippen MR) is 183 cm³/mol. The number of rotatable bonds is 8. The molecule has 1 aliphatic carbocycles. The molecule has 1 unspecified atom stereocenters. The van der Waals surface area contributed by atoms with E-state index in [1.807, 2.05) is 23.0 Å². The molecule has 0 spiro atoms. The SMILES string of the molecule is COc1cc2nn([C@H]3C[C@@H](CN4CC(c5cccc6c5n(C)c(=O)n6C5CCC(=O)NC5=O)C4)C3)cc2cc1NC(=O)c1cccc(C(F)(F)F)n1. The molecule has 2 saturated heterocycles. The topological polar surface area (TPSA) is 145 Å². The number of carbonyl (C=O) groups excluding carboxylic acids is 3. The van der Waals surface area contributed by atoms with Crippen molar-refractivity contribution in [2.75, 3.05) is 32.1 Å². The molecule has 5 heterocycles. The number of nitrogens with one attached hydrogen (secondary N) is 2. The highest BCUT2D eigenvalue weighted by Crippen LogP contribution is 2.42. The molecule has 1 saturated carbocycles. The largest absolute Gasteiger partial charge is 0.494 e. The summed E-state index contributed by atoms with van der Waals surface area (Å²) >= 11 is 0. The molecule has 0 radical (unpaired) electrons. The molecule has 270 valence electrons. The average molecular weight is 717 g/mol. The summed E-state index contributed by atoms with van der Waals surface area (Å²) in [5.41, 5.74) is 1.76. The number of para-hydroxylation sites is 1. The zero-order valence-corrected chi connectivity index (χ0v) is 28.3. The Hall–Kier alpha value is -5.51. The van der Waals surface area contributed by atoms with E-state index in [2.05, 4.69) is 26.6 Å². The predicted octanol–water partition coefficient (Wildman–Crippen LogP) is 4.39. The highest BCUT2D eigenvalue weighted by atomic mass is 19.4. The number of imidazole rings is 1. The van der Waals surface area contributed by atoms with Crippen LogP contribution in [0.1, 0.15) is 65.4 Å². The highest BCUT2D eigenvalue weighted by Gasteiger charge is 2.38. The van der Waals surface area contributed by atoms with Crippen LogP contribution in [0.5, 0.6) is 5.75 Å². The molecule has 2 N–H and O–H groups in total. The van der Waals surface area contributed by atoms with Crippen LogP contribution in [0.25, 0.3) is 21.9 Å². The van der Waals surface area contributed by atoms with E-state index in [1.165, 1.54) is 17.7 Å². The fraction of sp³-hybridized carbons (Fsp3) is 0.389. The molecule has 16 heteroatoms. The van der Waals surface area contributed by atoms with E-state index in [9.17, 15) is 32.3 Å². The number of hydrogen-bond acceptors (Lipinski definition) is 8. The second kappa shape index (κ2) is 12.6. The minimum Gasteiger partial charge on any atom is -0.494 e. The van der Waals surface area contributed by atoms with Crippen molar-refractivity contribution in [2.45, 2.75) is 49.9 Å². The van der Waals surface area contributed by atoms with E-state index in [4.69, 9.17) is 9.84 Å². The van der Waals surface area contributed by atoms with Gasteiger partial charge in [0.15, 0.2) is 0 Å². The van der Waals surface area contributed by atoms with E-state index >= 15 is 0 Å². The molecular weight excluding hydrogens is 681 g/mol. The number of hydrogen-bond donors (Lipinski definition) is 2. The summed E-state index contributed by atoms with van der Waals surface area (Å²) in [7, 11) is 3.16. The van der Waals surface area contributed by atoms with Gasteiger partial charge in [-0.25, -0.2) is 9.78 Å². The third-order valence-electron chi connectivity index (χ3n) is 10.5. The van der Waals surface area contributed by atoms with Gasteiger partial charge in [-0.05, 0) is 55.0 Å². The van der Waals surface area contributed by atoms with Crippen molar-refractivity contribution in [3.63, 3.8) is 0 Å². The van der Waals surface area contributed by atoms with Crippen molar-refractivity contribution < 1.29 is 32.3 Å². The molecule has 13 nitrogen and oxygen atoms in total. The maximum Gasteiger partial charge on any atom is 0.433 e.